The zero-order valence-electron chi connectivity index (χ0n) is 85.0. The fraction of sp³-hybridized carbons (Fsp3) is 0.519. The maximum Gasteiger partial charge on any atom is 0.314 e. The maximum absolute atomic E-state index is 15.0. The highest BCUT2D eigenvalue weighted by molar-refractivity contribution is 6.19. The Balaban J connectivity index is 0.000000224. The third-order valence-corrected chi connectivity index (χ3v) is 30.0. The zero-order valence-corrected chi connectivity index (χ0v) is 85.0. The number of aromatic hydroxyl groups is 2. The minimum atomic E-state index is -1.89. The van der Waals surface area contributed by atoms with E-state index >= 15 is 0 Å². The van der Waals surface area contributed by atoms with Crippen molar-refractivity contribution in [1.29, 1.82) is 0 Å². The van der Waals surface area contributed by atoms with E-state index in [1.54, 1.807) is 69.4 Å². The molecule has 11 heterocycles. The third-order valence-electron chi connectivity index (χ3n) is 30.0. The number of hydrogen-bond donors (Lipinski definition) is 10. The number of anilines is 4. The molecular formula is C108H136N8O26. The van der Waals surface area contributed by atoms with Crippen molar-refractivity contribution in [2.75, 3.05) is 85.9 Å². The molecule has 2 aromatic heterocycles. The summed E-state index contributed by atoms with van der Waals surface area (Å²) in [4.78, 5) is 149. The summed E-state index contributed by atoms with van der Waals surface area (Å²) in [5.41, 5.74) is -2.20. The SMILES string of the molecule is C/C1=C/C=C/[C@H](C)[C@H](O)[C@@H](C)[C@@H](O)[C@@H](C)[C@H](C)[C@H](C)[C@@H](C)/C=C/O[C@@]2(C)Oc3c(C)c(O)c4c(=O)c(c5oc6cc(N7CCN(CC(C)C)CC7)cc(=O)c6nc5c4c3=C2O)NC1=O.C/C1=C/C=C/[C@H](C)[C@H](OC(=O)CCC(=O)O)[C@@H](C)[C@@H](O)[C@@H](C)[C@H](C)[C@H](C)[C@@H](C)/C=C/O[C@@]2(C)Oc3c(C)c(O)c4c(=O)c(c5oc6cc(N7CCN(CC(C)C)CC7)cc(=O)c6nc5c4c3=C2O)NC1=O.O=C1CCC(=O)O1. The number of benzene rings is 6. The molecule has 0 unspecified atom stereocenters. The lowest BCUT2D eigenvalue weighted by Crippen LogP contribution is -2.47. The van der Waals surface area contributed by atoms with Crippen LogP contribution in [0.2, 0.25) is 0 Å². The first-order chi connectivity index (χ1) is 66.9. The number of aliphatic hydroxyl groups excluding tert-OH is 5. The van der Waals surface area contributed by atoms with Crippen LogP contribution in [0.1, 0.15) is 175 Å². The fourth-order valence-electron chi connectivity index (χ4n) is 20.1. The van der Waals surface area contributed by atoms with Gasteiger partial charge in [-0.25, -0.2) is 9.97 Å². The van der Waals surface area contributed by atoms with Crippen LogP contribution < -0.4 is 62.1 Å². The van der Waals surface area contributed by atoms with Crippen molar-refractivity contribution in [2.24, 2.45) is 82.9 Å². The first kappa shape index (κ1) is 107. The summed E-state index contributed by atoms with van der Waals surface area (Å²) in [6.07, 6.45) is 12.4. The van der Waals surface area contributed by atoms with Gasteiger partial charge in [-0.15, -0.1) is 0 Å². The van der Waals surface area contributed by atoms with Crippen LogP contribution in [-0.4, -0.2) is 198 Å². The molecule has 9 aliphatic heterocycles. The van der Waals surface area contributed by atoms with Crippen LogP contribution in [0.5, 0.6) is 23.0 Å². The number of fused-ring (bicyclic) bond motifs is 28. The summed E-state index contributed by atoms with van der Waals surface area (Å²) >= 11 is 0. The van der Waals surface area contributed by atoms with Crippen LogP contribution in [0.15, 0.2) is 125 Å². The molecule has 10 N–H and O–H groups in total. The van der Waals surface area contributed by atoms with Gasteiger partial charge in [0.05, 0.1) is 77.7 Å². The second-order valence-electron chi connectivity index (χ2n) is 41.0. The van der Waals surface area contributed by atoms with E-state index in [0.29, 0.717) is 49.4 Å². The summed E-state index contributed by atoms with van der Waals surface area (Å²) < 4.78 is 48.1. The number of aliphatic carboxylic acids is 1. The highest BCUT2D eigenvalue weighted by Gasteiger charge is 2.47. The highest BCUT2D eigenvalue weighted by Crippen LogP contribution is 2.47. The number of aliphatic hydroxyl groups is 5. The minimum Gasteiger partial charge on any atom is -0.507 e. The van der Waals surface area contributed by atoms with Gasteiger partial charge in [-0.05, 0) is 99.0 Å². The van der Waals surface area contributed by atoms with Crippen LogP contribution >= 0.6 is 0 Å². The summed E-state index contributed by atoms with van der Waals surface area (Å²) in [5, 5.41) is 96.7. The van der Waals surface area contributed by atoms with Crippen LogP contribution in [0.4, 0.5) is 22.7 Å². The van der Waals surface area contributed by atoms with E-state index in [4.69, 9.17) is 42.5 Å². The lowest BCUT2D eigenvalue weighted by atomic mass is 9.72. The number of piperazine rings is 2. The van der Waals surface area contributed by atoms with E-state index in [9.17, 15) is 88.8 Å². The molecule has 0 aliphatic carbocycles. The van der Waals surface area contributed by atoms with E-state index < -0.39 is 141 Å². The number of nitrogens with zero attached hydrogens (tertiary/aromatic N) is 6. The molecule has 6 aromatic carbocycles. The average Bonchev–Trinajstić information content (AvgIpc) is 1.48. The van der Waals surface area contributed by atoms with E-state index in [2.05, 4.69) is 76.5 Å². The molecule has 34 nitrogen and oxygen atoms in total. The molecule has 764 valence electrons. The summed E-state index contributed by atoms with van der Waals surface area (Å²) in [6, 6.07) is 6.38. The quantitative estimate of drug-likeness (QED) is 0.0263. The molecule has 0 radical (unpaired) electrons. The number of hydrogen-bond acceptors (Lipinski definition) is 31. The molecule has 8 aromatic rings. The first-order valence-corrected chi connectivity index (χ1v) is 49.2. The molecule has 142 heavy (non-hydrogen) atoms. The molecule has 0 saturated carbocycles. The predicted octanol–water partition coefficient (Wildman–Crippen LogP) is 13.6. The molecule has 2 amide bonds. The molecule has 18 atom stereocenters. The van der Waals surface area contributed by atoms with Gasteiger partial charge in [0.1, 0.15) is 51.5 Å². The van der Waals surface area contributed by atoms with Crippen molar-refractivity contribution in [1.82, 2.24) is 19.8 Å². The number of aromatic nitrogens is 2. The van der Waals surface area contributed by atoms with Gasteiger partial charge in [0.15, 0.2) is 44.9 Å². The van der Waals surface area contributed by atoms with Crippen LogP contribution in [-0.2, 0) is 47.7 Å². The Bertz CT molecular complexity index is 6850. The van der Waals surface area contributed by atoms with Crippen LogP contribution in [0.3, 0.4) is 0 Å². The number of carboxylic acid groups (broad SMARTS) is 1. The number of cyclic esters (lactones) is 2. The number of amides is 2. The minimum absolute atomic E-state index is 0.000224. The summed E-state index contributed by atoms with van der Waals surface area (Å²) in [7, 11) is 0. The lowest BCUT2D eigenvalue weighted by molar-refractivity contribution is -0.159. The van der Waals surface area contributed by atoms with Gasteiger partial charge in [0, 0.05) is 172 Å². The third kappa shape index (κ3) is 21.8. The van der Waals surface area contributed by atoms with Gasteiger partial charge in [-0.2, -0.15) is 0 Å². The molecule has 9 aliphatic rings. The second-order valence-corrected chi connectivity index (χ2v) is 41.0. The Kier molecular flexibility index (Phi) is 32.4. The number of rotatable bonds is 10. The molecule has 3 saturated heterocycles. The van der Waals surface area contributed by atoms with Crippen molar-refractivity contribution >= 4 is 136 Å². The largest absolute Gasteiger partial charge is 0.507 e. The van der Waals surface area contributed by atoms with Crippen molar-refractivity contribution in [2.45, 2.75) is 214 Å². The number of carbonyl (C=O) groups excluding carboxylic acids is 5. The van der Waals surface area contributed by atoms with Crippen molar-refractivity contribution in [3.05, 3.63) is 159 Å². The molecule has 3 fully saturated rings. The highest BCUT2D eigenvalue weighted by atomic mass is 16.7. The van der Waals surface area contributed by atoms with E-state index in [1.165, 1.54) is 65.4 Å². The Hall–Kier alpha value is -12.8. The molecule has 17 rings (SSSR count). The number of esters is 3. The van der Waals surface area contributed by atoms with E-state index in [1.807, 2.05) is 61.5 Å². The van der Waals surface area contributed by atoms with Gasteiger partial charge in [-0.1, -0.05) is 147 Å². The molecule has 34 heteroatoms. The standard InChI is InChI=1S/C54H68N4O13.C50H64N4O10.C4H4O3/c1-26(2)25-57-18-20-58(21-19-57)35-23-36(59)43-37(24-35)69-51-44(55-43)40-41-47(64)34(10)50-42(40)52(66)54(11,71-50)68-22-17-27(3)30(6)31(7)32(8)46(63)33(9)49(70-39(62)16-15-38(60)61)28(4)13-12-14-29(5)53(67)56-45(51)48(41)65;1-24(2)23-53-16-18-54(19-17-53)33-21-34(55)39-35(22-33)63-47-40(51-39)36-37-44(58)32(10)46-38(36)48(60)50(11,64-46)62-20-15-25(3)28(6)29(7)30(8)43(57)31(9)42(56)26(4)13-12-14-27(5)49(61)52-41(47)45(37)59;5-3-1-2-4(6)7-3/h12-14,17,22-24,26-28,30-33,46,49,63-64,66H,15-16,18-21,25H2,1-11H3,(H,56,67)(H,60,61);12-15,20-22,24-26,28-31,42-43,56-58,60H,16-19,23H2,1-11H3,(H,52,61);1-2H2/b13-12+,22-17+,29-14-;13-12+,20-15+,27-14-;/t27-,28-,30+,31+,32-,33-,46-,49-,54-;25-,26-,28+,29+,30-,31+,42-,43-,50-;/m00./s1. The number of phenols is 2. The van der Waals surface area contributed by atoms with Crippen molar-refractivity contribution < 1.29 is 107 Å². The Labute approximate surface area is 823 Å². The number of allylic oxidation sites excluding steroid dienone is 6. The monoisotopic (exact) mass is 1960 g/mol. The topological polar surface area (TPSA) is 477 Å². The smallest absolute Gasteiger partial charge is 0.314 e. The predicted molar refractivity (Wildman–Crippen MR) is 542 cm³/mol. The van der Waals surface area contributed by atoms with Gasteiger partial charge >= 0.3 is 35.5 Å². The second kappa shape index (κ2) is 43.2. The Morgan fingerprint density at radius 3 is 1.23 bits per heavy atom. The van der Waals surface area contributed by atoms with E-state index in [0.717, 1.165) is 39.3 Å². The molecule has 10 bridgehead atoms. The lowest BCUT2D eigenvalue weighted by Gasteiger charge is -2.38. The zero-order chi connectivity index (χ0) is 104. The van der Waals surface area contributed by atoms with Gasteiger partial charge in [0.2, 0.25) is 21.7 Å². The first-order valence-electron chi connectivity index (χ1n) is 49.2. The average molecular weight is 1960 g/mol. The van der Waals surface area contributed by atoms with Gasteiger partial charge < -0.3 is 98.5 Å². The fourth-order valence-corrected chi connectivity index (χ4v) is 20.1. The molecule has 0 spiro atoms. The number of ether oxygens (including phenoxy) is 6. The number of carbonyl (C=O) groups is 6. The summed E-state index contributed by atoms with van der Waals surface area (Å²) in [5.74, 6) is -11.4. The number of phenolic OH excluding ortho intramolecular Hbond substituents is 2. The Morgan fingerprint density at radius 1 is 0.472 bits per heavy atom. The number of carboxylic acids is 1. The van der Waals surface area contributed by atoms with Crippen molar-refractivity contribution in [3.8, 4) is 23.0 Å². The molecular weight excluding hydrogens is 1830 g/mol. The van der Waals surface area contributed by atoms with Crippen LogP contribution in [0, 0.1) is 96.7 Å². The Morgan fingerprint density at radius 2 is 0.859 bits per heavy atom. The normalized spacial score (nSPS) is 29.2. The van der Waals surface area contributed by atoms with Crippen LogP contribution in [0.25, 0.3) is 77.5 Å². The van der Waals surface area contributed by atoms with Gasteiger partial charge in [-0.3, -0.25) is 57.7 Å². The maximum atomic E-state index is 15.0. The van der Waals surface area contributed by atoms with Gasteiger partial charge in [0.25, 0.3) is 11.8 Å². The number of nitrogens with one attached hydrogen (secondary N) is 2. The van der Waals surface area contributed by atoms with Crippen molar-refractivity contribution in [3.63, 3.8) is 0 Å². The van der Waals surface area contributed by atoms with E-state index in [-0.39, 0.29) is 194 Å². The summed E-state index contributed by atoms with van der Waals surface area (Å²) in [6.45, 7) is 48.9.